The van der Waals surface area contributed by atoms with E-state index in [1.807, 2.05) is 0 Å². The monoisotopic (exact) mass is 244 g/mol. The molecule has 0 amide bonds. The molecule has 0 fully saturated rings. The van der Waals surface area contributed by atoms with Gasteiger partial charge in [0.25, 0.3) is 0 Å². The first kappa shape index (κ1) is 13.0. The highest BCUT2D eigenvalue weighted by Gasteiger charge is 2.30. The van der Waals surface area contributed by atoms with E-state index in [-0.39, 0.29) is 0 Å². The molecule has 0 aliphatic rings. The number of aliphatic carboxylic acids is 1. The molecule has 6 nitrogen and oxygen atoms in total. The zero-order valence-electron chi connectivity index (χ0n) is 9.14. The summed E-state index contributed by atoms with van der Waals surface area (Å²) in [5.74, 6) is -0.152. The highest BCUT2D eigenvalue weighted by molar-refractivity contribution is 7.99. The van der Waals surface area contributed by atoms with Crippen LogP contribution in [0.15, 0.2) is 11.5 Å². The highest BCUT2D eigenvalue weighted by Crippen LogP contribution is 2.19. The molecule has 16 heavy (non-hydrogen) atoms. The van der Waals surface area contributed by atoms with Crippen molar-refractivity contribution in [1.82, 2.24) is 15.2 Å². The third kappa shape index (κ3) is 3.49. The summed E-state index contributed by atoms with van der Waals surface area (Å²) < 4.78 is 0. The van der Waals surface area contributed by atoms with Crippen molar-refractivity contribution in [3.8, 4) is 0 Å². The number of carboxylic acids is 1. The summed E-state index contributed by atoms with van der Waals surface area (Å²) in [4.78, 5) is 14.9. The lowest BCUT2D eigenvalue weighted by Crippen LogP contribution is -2.47. The van der Waals surface area contributed by atoms with Crippen molar-refractivity contribution in [3.05, 3.63) is 6.33 Å². The Morgan fingerprint density at radius 3 is 3.00 bits per heavy atom. The lowest BCUT2D eigenvalue weighted by molar-refractivity contribution is -0.143. The number of thioether (sulfide) groups is 1. The van der Waals surface area contributed by atoms with Gasteiger partial charge in [0, 0.05) is 5.75 Å². The fourth-order valence-electron chi connectivity index (χ4n) is 1.26. The molecule has 1 heterocycles. The first-order chi connectivity index (χ1) is 7.58. The van der Waals surface area contributed by atoms with Gasteiger partial charge in [-0.3, -0.25) is 9.89 Å². The summed E-state index contributed by atoms with van der Waals surface area (Å²) in [7, 11) is 0. The number of aromatic amines is 1. The maximum absolute atomic E-state index is 10.9. The van der Waals surface area contributed by atoms with Crippen molar-refractivity contribution in [2.45, 2.75) is 36.9 Å². The zero-order chi connectivity index (χ0) is 12.0. The molecule has 1 aromatic heterocycles. The lowest BCUT2D eigenvalue weighted by atomic mass is 9.92. The number of hydrogen-bond donors (Lipinski definition) is 3. The maximum Gasteiger partial charge on any atom is 0.323 e. The molecular weight excluding hydrogens is 228 g/mol. The van der Waals surface area contributed by atoms with E-state index in [9.17, 15) is 4.79 Å². The van der Waals surface area contributed by atoms with E-state index < -0.39 is 11.5 Å². The predicted molar refractivity (Wildman–Crippen MR) is 61.2 cm³/mol. The highest BCUT2D eigenvalue weighted by atomic mass is 32.2. The van der Waals surface area contributed by atoms with Crippen LogP contribution < -0.4 is 5.73 Å². The van der Waals surface area contributed by atoms with Crippen LogP contribution in [0.3, 0.4) is 0 Å². The SMILES string of the molecule is CCC(N)(CCCSc1ncn[nH]1)C(=O)O. The molecule has 0 saturated heterocycles. The van der Waals surface area contributed by atoms with Crippen molar-refractivity contribution in [3.63, 3.8) is 0 Å². The van der Waals surface area contributed by atoms with Gasteiger partial charge in [-0.1, -0.05) is 18.7 Å². The fourth-order valence-corrected chi connectivity index (χ4v) is 1.98. The smallest absolute Gasteiger partial charge is 0.323 e. The van der Waals surface area contributed by atoms with Crippen LogP contribution in [0.2, 0.25) is 0 Å². The Morgan fingerprint density at radius 1 is 1.75 bits per heavy atom. The number of nitrogens with one attached hydrogen (secondary N) is 1. The van der Waals surface area contributed by atoms with Crippen LogP contribution in [0, 0.1) is 0 Å². The van der Waals surface area contributed by atoms with Crippen LogP contribution in [-0.4, -0.2) is 37.5 Å². The number of nitrogens with zero attached hydrogens (tertiary/aromatic N) is 2. The van der Waals surface area contributed by atoms with E-state index in [0.717, 1.165) is 17.3 Å². The molecule has 0 radical (unpaired) electrons. The molecule has 0 aliphatic carbocycles. The molecule has 0 aromatic carbocycles. The minimum Gasteiger partial charge on any atom is -0.480 e. The van der Waals surface area contributed by atoms with Crippen LogP contribution in [-0.2, 0) is 4.79 Å². The van der Waals surface area contributed by atoms with Crippen molar-refractivity contribution in [1.29, 1.82) is 0 Å². The number of nitrogens with two attached hydrogens (primary N) is 1. The number of carbonyl (C=O) groups is 1. The number of rotatable bonds is 7. The topological polar surface area (TPSA) is 105 Å². The van der Waals surface area contributed by atoms with Gasteiger partial charge in [-0.05, 0) is 19.3 Å². The Kier molecular flexibility index (Phi) is 4.75. The Balaban J connectivity index is 2.26. The largest absolute Gasteiger partial charge is 0.480 e. The third-order valence-electron chi connectivity index (χ3n) is 2.46. The van der Waals surface area contributed by atoms with E-state index in [2.05, 4.69) is 15.2 Å². The summed E-state index contributed by atoms with van der Waals surface area (Å²) in [6, 6.07) is 0. The second-order valence-corrected chi connectivity index (χ2v) is 4.64. The first-order valence-corrected chi connectivity index (χ1v) is 6.07. The average Bonchev–Trinajstić information content (AvgIpc) is 2.76. The van der Waals surface area contributed by atoms with Crippen molar-refractivity contribution in [2.24, 2.45) is 5.73 Å². The molecule has 90 valence electrons. The number of aromatic nitrogens is 3. The van der Waals surface area contributed by atoms with Crippen molar-refractivity contribution >= 4 is 17.7 Å². The van der Waals surface area contributed by atoms with Gasteiger partial charge in [0.05, 0.1) is 0 Å². The molecule has 7 heteroatoms. The van der Waals surface area contributed by atoms with Gasteiger partial charge in [-0.15, -0.1) is 0 Å². The van der Waals surface area contributed by atoms with Crippen molar-refractivity contribution < 1.29 is 9.90 Å². The molecule has 0 spiro atoms. The van der Waals surface area contributed by atoms with E-state index in [4.69, 9.17) is 10.8 Å². The quantitative estimate of drug-likeness (QED) is 0.485. The molecule has 1 atom stereocenters. The van der Waals surface area contributed by atoms with Crippen LogP contribution in [0.1, 0.15) is 26.2 Å². The minimum absolute atomic E-state index is 0.440. The lowest BCUT2D eigenvalue weighted by Gasteiger charge is -2.22. The van der Waals surface area contributed by atoms with Crippen LogP contribution in [0.4, 0.5) is 0 Å². The summed E-state index contributed by atoms with van der Waals surface area (Å²) >= 11 is 1.51. The molecular formula is C9H16N4O2S. The fraction of sp³-hybridized carbons (Fsp3) is 0.667. The molecule has 0 bridgehead atoms. The summed E-state index contributed by atoms with van der Waals surface area (Å²) in [6.07, 6.45) is 3.09. The Morgan fingerprint density at radius 2 is 2.50 bits per heavy atom. The summed E-state index contributed by atoms with van der Waals surface area (Å²) in [6.45, 7) is 1.79. The average molecular weight is 244 g/mol. The molecule has 1 unspecified atom stereocenters. The van der Waals surface area contributed by atoms with Gasteiger partial charge in [-0.25, -0.2) is 4.98 Å². The normalized spacial score (nSPS) is 14.6. The molecule has 0 aliphatic heterocycles. The van der Waals surface area contributed by atoms with Gasteiger partial charge >= 0.3 is 5.97 Å². The summed E-state index contributed by atoms with van der Waals surface area (Å²) in [5.41, 5.74) is 4.66. The van der Waals surface area contributed by atoms with Crippen molar-refractivity contribution in [2.75, 3.05) is 5.75 Å². The number of H-pyrrole nitrogens is 1. The zero-order valence-corrected chi connectivity index (χ0v) is 9.96. The molecule has 0 saturated carbocycles. The van der Waals surface area contributed by atoms with Gasteiger partial charge in [0.1, 0.15) is 11.9 Å². The number of hydrogen-bond acceptors (Lipinski definition) is 5. The van der Waals surface area contributed by atoms with Gasteiger partial charge < -0.3 is 10.8 Å². The Hall–Kier alpha value is -1.08. The molecule has 1 aromatic rings. The molecule has 1 rings (SSSR count). The van der Waals surface area contributed by atoms with E-state index in [1.165, 1.54) is 18.1 Å². The van der Waals surface area contributed by atoms with E-state index in [1.54, 1.807) is 6.92 Å². The second-order valence-electron chi connectivity index (χ2n) is 3.56. The van der Waals surface area contributed by atoms with Gasteiger partial charge in [0.2, 0.25) is 0 Å². The van der Waals surface area contributed by atoms with Gasteiger partial charge in [-0.2, -0.15) is 5.10 Å². The second kappa shape index (κ2) is 5.86. The maximum atomic E-state index is 10.9. The standard InChI is InChI=1S/C9H16N4O2S/c1-2-9(10,7(14)15)4-3-5-16-8-11-6-12-13-8/h6H,2-5,10H2,1H3,(H,14,15)(H,11,12,13). The van der Waals surface area contributed by atoms with Crippen LogP contribution in [0.25, 0.3) is 0 Å². The van der Waals surface area contributed by atoms with Crippen LogP contribution in [0.5, 0.6) is 0 Å². The first-order valence-electron chi connectivity index (χ1n) is 5.09. The number of carboxylic acid groups (broad SMARTS) is 1. The Labute approximate surface area is 98.0 Å². The van der Waals surface area contributed by atoms with E-state index >= 15 is 0 Å². The predicted octanol–water partition coefficient (Wildman–Crippen LogP) is 0.869. The summed E-state index contributed by atoms with van der Waals surface area (Å²) in [5, 5.41) is 16.1. The Bertz CT molecular complexity index is 330. The third-order valence-corrected chi connectivity index (χ3v) is 3.42. The molecule has 4 N–H and O–H groups in total. The minimum atomic E-state index is -1.10. The van der Waals surface area contributed by atoms with Crippen LogP contribution >= 0.6 is 11.8 Å². The van der Waals surface area contributed by atoms with Gasteiger partial charge in [0.15, 0.2) is 5.16 Å². The van der Waals surface area contributed by atoms with E-state index in [0.29, 0.717) is 12.8 Å².